The Hall–Kier alpha value is -2.90. The molecule has 0 bridgehead atoms. The van der Waals surface area contributed by atoms with Crippen molar-refractivity contribution in [1.82, 2.24) is 10.4 Å². The van der Waals surface area contributed by atoms with Gasteiger partial charge < -0.3 is 10.6 Å². The molecule has 1 aliphatic heterocycles. The van der Waals surface area contributed by atoms with Gasteiger partial charge in [-0.15, -0.1) is 0 Å². The molecule has 0 saturated carbocycles. The van der Waals surface area contributed by atoms with Gasteiger partial charge in [0.25, 0.3) is 11.8 Å². The second kappa shape index (κ2) is 6.25. The van der Waals surface area contributed by atoms with E-state index in [2.05, 4.69) is 16.1 Å². The highest BCUT2D eigenvalue weighted by molar-refractivity contribution is 6.08. The van der Waals surface area contributed by atoms with Gasteiger partial charge in [-0.25, -0.2) is 0 Å². The predicted octanol–water partition coefficient (Wildman–Crippen LogP) is 0.0930. The fourth-order valence-electron chi connectivity index (χ4n) is 2.10. The molecular formula is C14H16N4O4. The van der Waals surface area contributed by atoms with Gasteiger partial charge in [-0.1, -0.05) is 6.07 Å². The summed E-state index contributed by atoms with van der Waals surface area (Å²) in [5, 5.41) is 6.26. The number of hydrazine groups is 1. The summed E-state index contributed by atoms with van der Waals surface area (Å²) >= 11 is 0. The monoisotopic (exact) mass is 304 g/mol. The number of rotatable bonds is 4. The van der Waals surface area contributed by atoms with E-state index < -0.39 is 23.6 Å². The first-order valence-corrected chi connectivity index (χ1v) is 6.62. The van der Waals surface area contributed by atoms with Gasteiger partial charge in [-0.2, -0.15) is 0 Å². The summed E-state index contributed by atoms with van der Waals surface area (Å²) in [7, 11) is 1.43. The molecule has 1 aromatic carbocycles. The minimum atomic E-state index is -1.01. The Bertz CT molecular complexity index is 643. The highest BCUT2D eigenvalue weighted by atomic mass is 16.2. The molecule has 8 nitrogen and oxygen atoms in total. The van der Waals surface area contributed by atoms with Crippen LogP contribution in [0.4, 0.5) is 11.4 Å². The van der Waals surface area contributed by atoms with Gasteiger partial charge in [0.15, 0.2) is 0 Å². The van der Waals surface area contributed by atoms with E-state index in [4.69, 9.17) is 0 Å². The molecule has 0 aliphatic carbocycles. The first-order valence-electron chi connectivity index (χ1n) is 6.62. The maximum atomic E-state index is 12.0. The third-order valence-electron chi connectivity index (χ3n) is 3.08. The lowest BCUT2D eigenvalue weighted by Crippen LogP contribution is -2.31. The number of carbonyl (C=O) groups excluding carboxylic acids is 4. The molecule has 2 rings (SSSR count). The van der Waals surface area contributed by atoms with Gasteiger partial charge in [0.1, 0.15) is 5.92 Å². The molecule has 22 heavy (non-hydrogen) atoms. The Morgan fingerprint density at radius 3 is 2.41 bits per heavy atom. The zero-order chi connectivity index (χ0) is 16.3. The van der Waals surface area contributed by atoms with Crippen LogP contribution in [0.15, 0.2) is 24.3 Å². The molecule has 1 heterocycles. The molecule has 0 aromatic heterocycles. The highest BCUT2D eigenvalue weighted by Crippen LogP contribution is 2.18. The highest BCUT2D eigenvalue weighted by Gasteiger charge is 2.38. The average molecular weight is 304 g/mol. The maximum Gasteiger partial charge on any atom is 0.253 e. The molecular weight excluding hydrogens is 288 g/mol. The number of benzene rings is 1. The van der Waals surface area contributed by atoms with Crippen molar-refractivity contribution in [3.05, 3.63) is 24.3 Å². The fraction of sp³-hybridized carbons (Fsp3) is 0.286. The molecule has 1 atom stereocenters. The van der Waals surface area contributed by atoms with Crippen LogP contribution < -0.4 is 16.1 Å². The van der Waals surface area contributed by atoms with Crippen LogP contribution >= 0.6 is 0 Å². The van der Waals surface area contributed by atoms with Crippen molar-refractivity contribution >= 4 is 35.0 Å². The van der Waals surface area contributed by atoms with E-state index in [1.165, 1.54) is 14.0 Å². The summed E-state index contributed by atoms with van der Waals surface area (Å²) in [6.45, 7) is 1.38. The van der Waals surface area contributed by atoms with Crippen molar-refractivity contribution in [1.29, 1.82) is 0 Å². The van der Waals surface area contributed by atoms with Crippen LogP contribution in [-0.4, -0.2) is 35.7 Å². The van der Waals surface area contributed by atoms with Crippen LogP contribution in [0.25, 0.3) is 0 Å². The van der Waals surface area contributed by atoms with Crippen molar-refractivity contribution in [2.45, 2.75) is 13.3 Å². The van der Waals surface area contributed by atoms with Crippen LogP contribution in [0, 0.1) is 5.92 Å². The molecule has 116 valence electrons. The molecule has 0 spiro atoms. The Kier molecular flexibility index (Phi) is 4.40. The quantitative estimate of drug-likeness (QED) is 0.685. The normalized spacial score (nSPS) is 17.2. The first-order chi connectivity index (χ1) is 10.4. The molecule has 8 heteroatoms. The van der Waals surface area contributed by atoms with Crippen LogP contribution in [0.3, 0.4) is 0 Å². The van der Waals surface area contributed by atoms with Gasteiger partial charge in [0.2, 0.25) is 11.8 Å². The second-order valence-corrected chi connectivity index (χ2v) is 4.94. The van der Waals surface area contributed by atoms with Gasteiger partial charge in [-0.05, 0) is 18.2 Å². The number of nitrogens with zero attached hydrogens (tertiary/aromatic N) is 1. The lowest BCUT2D eigenvalue weighted by molar-refractivity contribution is -0.134. The zero-order valence-electron chi connectivity index (χ0n) is 12.2. The minimum absolute atomic E-state index is 0.222. The number of amides is 4. The summed E-state index contributed by atoms with van der Waals surface area (Å²) in [6, 6.07) is 6.58. The molecule has 0 radical (unpaired) electrons. The number of hydrogen-bond acceptors (Lipinski definition) is 4. The van der Waals surface area contributed by atoms with E-state index in [0.29, 0.717) is 11.4 Å². The van der Waals surface area contributed by atoms with E-state index in [-0.39, 0.29) is 12.3 Å². The standard InChI is InChI=1S/C14H16N4O4/c1-8(19)15-9-4-3-5-10(6-9)16-12(20)7-11-13(21)17-18(2)14(11)22/h3-6,11H,7H2,1-2H3,(H,15,19)(H,16,20)(H,17,21). The Balaban J connectivity index is 1.99. The van der Waals surface area contributed by atoms with Gasteiger partial charge in [-0.3, -0.25) is 29.6 Å². The predicted molar refractivity (Wildman–Crippen MR) is 78.4 cm³/mol. The van der Waals surface area contributed by atoms with E-state index in [0.717, 1.165) is 5.01 Å². The van der Waals surface area contributed by atoms with Gasteiger partial charge >= 0.3 is 0 Å². The van der Waals surface area contributed by atoms with Crippen LogP contribution in [0.5, 0.6) is 0 Å². The lowest BCUT2D eigenvalue weighted by atomic mass is 10.0. The van der Waals surface area contributed by atoms with Crippen LogP contribution in [0.1, 0.15) is 13.3 Å². The van der Waals surface area contributed by atoms with Crippen molar-refractivity contribution in [2.24, 2.45) is 5.92 Å². The molecule has 1 fully saturated rings. The summed E-state index contributed by atoms with van der Waals surface area (Å²) in [5.74, 6) is -2.62. The van der Waals surface area contributed by atoms with Gasteiger partial charge in [0.05, 0.1) is 0 Å². The first kappa shape index (κ1) is 15.5. The Morgan fingerprint density at radius 2 is 1.86 bits per heavy atom. The van der Waals surface area contributed by atoms with E-state index in [9.17, 15) is 19.2 Å². The van der Waals surface area contributed by atoms with Crippen molar-refractivity contribution in [3.63, 3.8) is 0 Å². The van der Waals surface area contributed by atoms with E-state index in [1.807, 2.05) is 0 Å². The molecule has 1 unspecified atom stereocenters. The number of carbonyl (C=O) groups is 4. The summed E-state index contributed by atoms with van der Waals surface area (Å²) in [4.78, 5) is 46.2. The fourth-order valence-corrected chi connectivity index (χ4v) is 2.10. The van der Waals surface area contributed by atoms with Crippen LogP contribution in [0.2, 0.25) is 0 Å². The summed E-state index contributed by atoms with van der Waals surface area (Å²) in [6.07, 6.45) is -0.237. The maximum absolute atomic E-state index is 12.0. The molecule has 1 aromatic rings. The van der Waals surface area contributed by atoms with Crippen molar-refractivity contribution in [2.75, 3.05) is 17.7 Å². The van der Waals surface area contributed by atoms with E-state index >= 15 is 0 Å². The zero-order valence-corrected chi connectivity index (χ0v) is 12.2. The summed E-state index contributed by atoms with van der Waals surface area (Å²) in [5.41, 5.74) is 3.34. The SMILES string of the molecule is CC(=O)Nc1cccc(NC(=O)CC2C(=O)NN(C)C2=O)c1. The lowest BCUT2D eigenvalue weighted by Gasteiger charge is -2.09. The third kappa shape index (κ3) is 3.60. The topological polar surface area (TPSA) is 108 Å². The largest absolute Gasteiger partial charge is 0.326 e. The Morgan fingerprint density at radius 1 is 1.23 bits per heavy atom. The minimum Gasteiger partial charge on any atom is -0.326 e. The molecule has 4 amide bonds. The van der Waals surface area contributed by atoms with E-state index in [1.54, 1.807) is 24.3 Å². The Labute approximate surface area is 126 Å². The third-order valence-corrected chi connectivity index (χ3v) is 3.08. The van der Waals surface area contributed by atoms with Crippen molar-refractivity contribution in [3.8, 4) is 0 Å². The molecule has 3 N–H and O–H groups in total. The van der Waals surface area contributed by atoms with Crippen molar-refractivity contribution < 1.29 is 19.2 Å². The smallest absolute Gasteiger partial charge is 0.253 e. The number of nitrogens with one attached hydrogen (secondary N) is 3. The van der Waals surface area contributed by atoms with Gasteiger partial charge in [0, 0.05) is 31.8 Å². The van der Waals surface area contributed by atoms with Crippen LogP contribution in [-0.2, 0) is 19.2 Å². The summed E-state index contributed by atoms with van der Waals surface area (Å²) < 4.78 is 0. The second-order valence-electron chi connectivity index (χ2n) is 4.94. The molecule has 1 saturated heterocycles. The molecule has 1 aliphatic rings. The number of hydrogen-bond donors (Lipinski definition) is 3. The average Bonchev–Trinajstić information content (AvgIpc) is 2.65. The number of anilines is 2.